The highest BCUT2D eigenvalue weighted by Crippen LogP contribution is 2.26. The number of rotatable bonds is 6. The third-order valence-corrected chi connectivity index (χ3v) is 2.43. The van der Waals surface area contributed by atoms with Crippen molar-refractivity contribution < 1.29 is 14.8 Å². The molecule has 0 amide bonds. The summed E-state index contributed by atoms with van der Waals surface area (Å²) in [5.41, 5.74) is 0.310. The molecule has 0 fully saturated rings. The number of aromatic nitrogens is 1. The zero-order valence-electron chi connectivity index (χ0n) is 10.8. The molecule has 1 aromatic rings. The zero-order chi connectivity index (χ0) is 14.6. The van der Waals surface area contributed by atoms with E-state index in [9.17, 15) is 14.9 Å². The second kappa shape index (κ2) is 5.94. The van der Waals surface area contributed by atoms with Crippen LogP contribution in [-0.4, -0.2) is 34.1 Å². The van der Waals surface area contributed by atoms with Gasteiger partial charge in [0.2, 0.25) is 5.82 Å². The maximum Gasteiger partial charge on any atom is 0.337 e. The molecule has 0 aliphatic carbocycles. The molecule has 0 spiro atoms. The molecule has 0 aliphatic rings. The molecule has 0 bridgehead atoms. The van der Waals surface area contributed by atoms with Crippen LogP contribution in [0, 0.1) is 10.1 Å². The van der Waals surface area contributed by atoms with E-state index in [4.69, 9.17) is 5.11 Å². The lowest BCUT2D eigenvalue weighted by Crippen LogP contribution is -2.26. The van der Waals surface area contributed by atoms with Gasteiger partial charge in [0.15, 0.2) is 0 Å². The first-order chi connectivity index (χ1) is 8.86. The Bertz CT molecular complexity index is 528. The van der Waals surface area contributed by atoms with Gasteiger partial charge >= 0.3 is 11.7 Å². The minimum absolute atomic E-state index is 0.153. The minimum Gasteiger partial charge on any atom is -0.478 e. The van der Waals surface area contributed by atoms with E-state index < -0.39 is 10.9 Å². The van der Waals surface area contributed by atoms with Crippen LogP contribution in [0.5, 0.6) is 0 Å². The van der Waals surface area contributed by atoms with Crippen molar-refractivity contribution in [3.05, 3.63) is 40.1 Å². The Labute approximate surface area is 110 Å². The van der Waals surface area contributed by atoms with Crippen LogP contribution in [0.15, 0.2) is 24.4 Å². The van der Waals surface area contributed by atoms with Gasteiger partial charge in [-0.25, -0.2) is 9.78 Å². The molecular weight excluding hydrogens is 250 g/mol. The number of carboxylic acids is 1. The molecule has 1 rings (SSSR count). The molecule has 1 heterocycles. The third-order valence-electron chi connectivity index (χ3n) is 2.43. The molecule has 0 saturated heterocycles. The summed E-state index contributed by atoms with van der Waals surface area (Å²) in [6, 6.07) is 1.02. The van der Waals surface area contributed by atoms with Crippen molar-refractivity contribution in [1.82, 2.24) is 4.98 Å². The van der Waals surface area contributed by atoms with Crippen molar-refractivity contribution in [2.24, 2.45) is 0 Å². The van der Waals surface area contributed by atoms with Gasteiger partial charge in [0.1, 0.15) is 0 Å². The van der Waals surface area contributed by atoms with Crippen molar-refractivity contribution in [3.8, 4) is 0 Å². The van der Waals surface area contributed by atoms with E-state index in [0.29, 0.717) is 13.1 Å². The van der Waals surface area contributed by atoms with Gasteiger partial charge in [-0.05, 0) is 13.8 Å². The normalized spacial score (nSPS) is 10.0. The Morgan fingerprint density at radius 2 is 2.26 bits per heavy atom. The van der Waals surface area contributed by atoms with E-state index in [1.807, 2.05) is 6.92 Å². The van der Waals surface area contributed by atoms with E-state index in [0.717, 1.165) is 17.8 Å². The first kappa shape index (κ1) is 14.6. The molecule has 19 heavy (non-hydrogen) atoms. The third kappa shape index (κ3) is 3.51. The molecule has 0 aliphatic heterocycles. The molecule has 0 radical (unpaired) electrons. The highest BCUT2D eigenvalue weighted by Gasteiger charge is 2.22. The van der Waals surface area contributed by atoms with Gasteiger partial charge in [-0.2, -0.15) is 0 Å². The first-order valence-corrected chi connectivity index (χ1v) is 5.63. The van der Waals surface area contributed by atoms with Crippen LogP contribution in [-0.2, 0) is 0 Å². The van der Waals surface area contributed by atoms with Crippen LogP contribution >= 0.6 is 0 Å². The summed E-state index contributed by atoms with van der Waals surface area (Å²) in [5, 5.41) is 19.9. The van der Waals surface area contributed by atoms with Crippen LogP contribution in [0.1, 0.15) is 24.2 Å². The average Bonchev–Trinajstić information content (AvgIpc) is 2.34. The number of carbonyl (C=O) groups is 1. The Balaban J connectivity index is 3.29. The van der Waals surface area contributed by atoms with Crippen molar-refractivity contribution in [1.29, 1.82) is 0 Å². The molecule has 7 heteroatoms. The summed E-state index contributed by atoms with van der Waals surface area (Å²) in [7, 11) is 0. The number of carboxylic acid groups (broad SMARTS) is 1. The van der Waals surface area contributed by atoms with E-state index in [2.05, 4.69) is 11.6 Å². The van der Waals surface area contributed by atoms with Crippen LogP contribution in [0.3, 0.4) is 0 Å². The van der Waals surface area contributed by atoms with Crippen LogP contribution < -0.4 is 4.90 Å². The van der Waals surface area contributed by atoms with Gasteiger partial charge in [-0.1, -0.05) is 12.2 Å². The SMILES string of the molecule is C=C(C)CN(CC)c1ncc(C(=O)O)cc1[N+](=O)[O-]. The van der Waals surface area contributed by atoms with Crippen molar-refractivity contribution in [3.63, 3.8) is 0 Å². The quantitative estimate of drug-likeness (QED) is 0.480. The fourth-order valence-corrected chi connectivity index (χ4v) is 1.60. The van der Waals surface area contributed by atoms with Crippen LogP contribution in [0.4, 0.5) is 11.5 Å². The number of anilines is 1. The summed E-state index contributed by atoms with van der Waals surface area (Å²) in [6.07, 6.45) is 1.12. The van der Waals surface area contributed by atoms with Gasteiger partial charge in [-0.3, -0.25) is 10.1 Å². The van der Waals surface area contributed by atoms with Gasteiger partial charge in [0.05, 0.1) is 10.5 Å². The lowest BCUT2D eigenvalue weighted by Gasteiger charge is -2.21. The van der Waals surface area contributed by atoms with Gasteiger partial charge < -0.3 is 10.0 Å². The smallest absolute Gasteiger partial charge is 0.337 e. The van der Waals surface area contributed by atoms with Crippen LogP contribution in [0.25, 0.3) is 0 Å². The topological polar surface area (TPSA) is 96.6 Å². The number of hydrogen-bond donors (Lipinski definition) is 1. The Morgan fingerprint density at radius 3 is 2.68 bits per heavy atom. The summed E-state index contributed by atoms with van der Waals surface area (Å²) in [5.74, 6) is -1.09. The molecular formula is C12H15N3O4. The molecule has 1 aromatic heterocycles. The van der Waals surface area contributed by atoms with E-state index in [1.54, 1.807) is 11.8 Å². The van der Waals surface area contributed by atoms with E-state index in [-0.39, 0.29) is 17.1 Å². The molecule has 102 valence electrons. The number of nitro groups is 1. The predicted octanol–water partition coefficient (Wildman–Crippen LogP) is 2.09. The zero-order valence-corrected chi connectivity index (χ0v) is 10.8. The van der Waals surface area contributed by atoms with E-state index >= 15 is 0 Å². The van der Waals surface area contributed by atoms with Gasteiger partial charge in [0.25, 0.3) is 0 Å². The Hall–Kier alpha value is -2.44. The summed E-state index contributed by atoms with van der Waals surface area (Å²) < 4.78 is 0. The lowest BCUT2D eigenvalue weighted by molar-refractivity contribution is -0.384. The summed E-state index contributed by atoms with van der Waals surface area (Å²) in [4.78, 5) is 26.8. The fraction of sp³-hybridized carbons (Fsp3) is 0.333. The van der Waals surface area contributed by atoms with Gasteiger partial charge in [-0.15, -0.1) is 0 Å². The van der Waals surface area contributed by atoms with Crippen molar-refractivity contribution in [2.45, 2.75) is 13.8 Å². The number of pyridine rings is 1. The number of nitrogens with zero attached hydrogens (tertiary/aromatic N) is 3. The fourth-order valence-electron chi connectivity index (χ4n) is 1.60. The molecule has 0 unspecified atom stereocenters. The largest absolute Gasteiger partial charge is 0.478 e. The van der Waals surface area contributed by atoms with Crippen LogP contribution in [0.2, 0.25) is 0 Å². The molecule has 1 N–H and O–H groups in total. The molecule has 0 saturated carbocycles. The number of likely N-dealkylation sites (N-methyl/N-ethyl adjacent to an activating group) is 1. The number of aromatic carboxylic acids is 1. The van der Waals surface area contributed by atoms with Gasteiger partial charge in [0, 0.05) is 25.4 Å². The molecule has 0 aromatic carbocycles. The Morgan fingerprint density at radius 1 is 1.63 bits per heavy atom. The molecule has 7 nitrogen and oxygen atoms in total. The summed E-state index contributed by atoms with van der Waals surface area (Å²) in [6.45, 7) is 8.33. The maximum atomic E-state index is 11.0. The second-order valence-corrected chi connectivity index (χ2v) is 4.10. The molecule has 0 atom stereocenters. The van der Waals surface area contributed by atoms with Crippen molar-refractivity contribution >= 4 is 17.5 Å². The maximum absolute atomic E-state index is 11.0. The Kier molecular flexibility index (Phi) is 4.57. The average molecular weight is 265 g/mol. The highest BCUT2D eigenvalue weighted by atomic mass is 16.6. The second-order valence-electron chi connectivity index (χ2n) is 4.10. The monoisotopic (exact) mass is 265 g/mol. The number of hydrogen-bond acceptors (Lipinski definition) is 5. The highest BCUT2D eigenvalue weighted by molar-refractivity contribution is 5.88. The lowest BCUT2D eigenvalue weighted by atomic mass is 10.2. The first-order valence-electron chi connectivity index (χ1n) is 5.63. The minimum atomic E-state index is -1.25. The van der Waals surface area contributed by atoms with E-state index in [1.165, 1.54) is 0 Å². The van der Waals surface area contributed by atoms with Crippen molar-refractivity contribution in [2.75, 3.05) is 18.0 Å². The predicted molar refractivity (Wildman–Crippen MR) is 70.6 cm³/mol. The summed E-state index contributed by atoms with van der Waals surface area (Å²) >= 11 is 0. The standard InChI is InChI=1S/C12H15N3O4/c1-4-14(7-8(2)3)11-10(15(18)19)5-9(6-13-11)12(16)17/h5-6H,2,4,7H2,1,3H3,(H,16,17).